The second kappa shape index (κ2) is 7.95. The number of fused-ring (bicyclic) bond motifs is 3. The summed E-state index contributed by atoms with van der Waals surface area (Å²) in [5.41, 5.74) is 3.56. The largest absolute Gasteiger partial charge is 0.337 e. The van der Waals surface area contributed by atoms with E-state index in [9.17, 15) is 4.79 Å². The number of nitrogens with zero attached hydrogens (tertiary/aromatic N) is 3. The molecule has 3 aliphatic heterocycles. The highest BCUT2D eigenvalue weighted by Gasteiger charge is 2.41. The number of rotatable bonds is 5. The van der Waals surface area contributed by atoms with Crippen molar-refractivity contribution in [1.82, 2.24) is 25.3 Å². The molecule has 150 valence electrons. The third-order valence-corrected chi connectivity index (χ3v) is 6.16. The van der Waals surface area contributed by atoms with Crippen LogP contribution in [0.4, 0.5) is 4.79 Å². The fourth-order valence-corrected chi connectivity index (χ4v) is 4.79. The van der Waals surface area contributed by atoms with Crippen LogP contribution < -0.4 is 10.6 Å². The Morgan fingerprint density at radius 3 is 2.75 bits per heavy atom. The zero-order chi connectivity index (χ0) is 19.7. The summed E-state index contributed by atoms with van der Waals surface area (Å²) in [6.07, 6.45) is 2.36. The van der Waals surface area contributed by atoms with Crippen molar-refractivity contribution in [1.29, 1.82) is 0 Å². The highest BCUT2D eigenvalue weighted by Crippen LogP contribution is 2.42. The molecule has 2 bridgehead atoms. The monoisotopic (exact) mass is 381 g/mol. The van der Waals surface area contributed by atoms with Gasteiger partial charge in [0.2, 0.25) is 0 Å². The number of carbonyl (C=O) groups is 1. The van der Waals surface area contributed by atoms with Crippen molar-refractivity contribution >= 4 is 6.03 Å². The zero-order valence-electron chi connectivity index (χ0n) is 17.1. The minimum absolute atomic E-state index is 0.0617. The van der Waals surface area contributed by atoms with Crippen molar-refractivity contribution in [3.8, 4) is 11.3 Å². The Labute approximate surface area is 167 Å². The van der Waals surface area contributed by atoms with Crippen LogP contribution in [0.25, 0.3) is 11.3 Å². The summed E-state index contributed by atoms with van der Waals surface area (Å²) < 4.78 is 2.07. The van der Waals surface area contributed by atoms with Gasteiger partial charge in [0, 0.05) is 49.4 Å². The third kappa shape index (κ3) is 3.92. The molecule has 0 spiro atoms. The molecular formula is C22H31N5O. The van der Waals surface area contributed by atoms with Gasteiger partial charge in [-0.15, -0.1) is 0 Å². The Hall–Kier alpha value is -2.34. The zero-order valence-corrected chi connectivity index (χ0v) is 17.1. The number of hydrogen-bond acceptors (Lipinski definition) is 3. The van der Waals surface area contributed by atoms with Gasteiger partial charge < -0.3 is 10.6 Å². The molecule has 0 aliphatic carbocycles. The molecule has 6 nitrogen and oxygen atoms in total. The van der Waals surface area contributed by atoms with Crippen LogP contribution in [0, 0.1) is 5.92 Å². The standard InChI is InChI=1S/C22H31N5O/c1-15(2)24-22(28)23-13-18-11-17-9-10-27(18)14-19(17)21-12-20(25-26(21)3)16-7-5-4-6-8-16/h4-8,12,15,17-19H,9-11,13-14H2,1-3H3,(H2,23,24,28)/t17-,18+,19-/m0/s1. The van der Waals surface area contributed by atoms with Gasteiger partial charge in [-0.1, -0.05) is 30.3 Å². The lowest BCUT2D eigenvalue weighted by Crippen LogP contribution is -2.57. The Kier molecular flexibility index (Phi) is 5.40. The van der Waals surface area contributed by atoms with Crippen LogP contribution in [0.5, 0.6) is 0 Å². The first kappa shape index (κ1) is 19.0. The van der Waals surface area contributed by atoms with E-state index < -0.39 is 0 Å². The van der Waals surface area contributed by atoms with E-state index in [0.29, 0.717) is 17.9 Å². The summed E-state index contributed by atoms with van der Waals surface area (Å²) in [7, 11) is 2.06. The van der Waals surface area contributed by atoms with Crippen LogP contribution in [0.3, 0.4) is 0 Å². The van der Waals surface area contributed by atoms with Crippen LogP contribution in [-0.4, -0.2) is 52.4 Å². The van der Waals surface area contributed by atoms with E-state index in [1.165, 1.54) is 17.7 Å². The second-order valence-electron chi connectivity index (χ2n) is 8.49. The summed E-state index contributed by atoms with van der Waals surface area (Å²) in [5, 5.41) is 10.7. The number of nitrogens with one attached hydrogen (secondary N) is 2. The molecule has 3 aliphatic rings. The lowest BCUT2D eigenvalue weighted by atomic mass is 9.74. The van der Waals surface area contributed by atoms with Gasteiger partial charge in [-0.25, -0.2) is 4.79 Å². The first-order chi connectivity index (χ1) is 13.5. The number of hydrogen-bond donors (Lipinski definition) is 2. The Morgan fingerprint density at radius 1 is 1.29 bits per heavy atom. The maximum atomic E-state index is 11.9. The quantitative estimate of drug-likeness (QED) is 0.837. The van der Waals surface area contributed by atoms with Crippen LogP contribution in [-0.2, 0) is 7.05 Å². The summed E-state index contributed by atoms with van der Waals surface area (Å²) in [5.74, 6) is 1.17. The van der Waals surface area contributed by atoms with E-state index in [1.807, 2.05) is 19.9 Å². The average Bonchev–Trinajstić information content (AvgIpc) is 3.08. The van der Waals surface area contributed by atoms with Crippen molar-refractivity contribution < 1.29 is 4.79 Å². The molecule has 5 rings (SSSR count). The predicted molar refractivity (Wildman–Crippen MR) is 111 cm³/mol. The third-order valence-electron chi connectivity index (χ3n) is 6.16. The lowest BCUT2D eigenvalue weighted by Gasteiger charge is -2.49. The highest BCUT2D eigenvalue weighted by atomic mass is 16.2. The molecule has 6 heteroatoms. The number of aryl methyl sites for hydroxylation is 1. The molecule has 2 N–H and O–H groups in total. The Morgan fingerprint density at radius 2 is 2.07 bits per heavy atom. The van der Waals surface area contributed by atoms with E-state index in [0.717, 1.165) is 31.7 Å². The summed E-state index contributed by atoms with van der Waals surface area (Å²) in [4.78, 5) is 14.5. The lowest BCUT2D eigenvalue weighted by molar-refractivity contribution is 0.0294. The van der Waals surface area contributed by atoms with Gasteiger partial charge in [-0.3, -0.25) is 9.58 Å². The van der Waals surface area contributed by atoms with Gasteiger partial charge in [-0.05, 0) is 45.2 Å². The van der Waals surface area contributed by atoms with Gasteiger partial charge in [-0.2, -0.15) is 5.10 Å². The SMILES string of the molecule is CC(C)NC(=O)NC[C@H]1C[C@@H]2CCN1C[C@@H]2c1cc(-c2ccccc2)nn1C. The minimum atomic E-state index is -0.0617. The van der Waals surface area contributed by atoms with Gasteiger partial charge in [0.25, 0.3) is 0 Å². The normalized spacial score (nSPS) is 26.4. The van der Waals surface area contributed by atoms with E-state index in [4.69, 9.17) is 5.10 Å². The summed E-state index contributed by atoms with van der Waals surface area (Å²) in [6.45, 7) is 6.86. The maximum Gasteiger partial charge on any atom is 0.315 e. The number of urea groups is 1. The second-order valence-corrected chi connectivity index (χ2v) is 8.49. The van der Waals surface area contributed by atoms with Gasteiger partial charge >= 0.3 is 6.03 Å². The molecule has 0 saturated carbocycles. The Bertz CT molecular complexity index is 816. The molecular weight excluding hydrogens is 350 g/mol. The van der Waals surface area contributed by atoms with E-state index in [1.54, 1.807) is 0 Å². The minimum Gasteiger partial charge on any atom is -0.337 e. The summed E-state index contributed by atoms with van der Waals surface area (Å²) in [6, 6.07) is 13.2. The molecule has 1 unspecified atom stereocenters. The molecule has 3 saturated heterocycles. The average molecular weight is 382 g/mol. The van der Waals surface area contributed by atoms with E-state index >= 15 is 0 Å². The molecule has 1 aromatic carbocycles. The molecule has 2 amide bonds. The van der Waals surface area contributed by atoms with Crippen LogP contribution >= 0.6 is 0 Å². The van der Waals surface area contributed by atoms with Gasteiger partial charge in [0.15, 0.2) is 0 Å². The molecule has 0 radical (unpaired) electrons. The molecule has 4 heterocycles. The van der Waals surface area contributed by atoms with Gasteiger partial charge in [0.1, 0.15) is 0 Å². The first-order valence-electron chi connectivity index (χ1n) is 10.4. The number of aromatic nitrogens is 2. The number of benzene rings is 1. The topological polar surface area (TPSA) is 62.2 Å². The molecule has 4 atom stereocenters. The number of piperidine rings is 3. The predicted octanol–water partition coefficient (Wildman–Crippen LogP) is 2.97. The van der Waals surface area contributed by atoms with Crippen molar-refractivity contribution in [2.45, 2.75) is 44.7 Å². The maximum absolute atomic E-state index is 11.9. The van der Waals surface area contributed by atoms with Crippen molar-refractivity contribution in [2.75, 3.05) is 19.6 Å². The van der Waals surface area contributed by atoms with Crippen LogP contribution in [0.1, 0.15) is 38.3 Å². The number of carbonyl (C=O) groups excluding carboxylic acids is 1. The molecule has 28 heavy (non-hydrogen) atoms. The molecule has 2 aromatic rings. The smallest absolute Gasteiger partial charge is 0.315 e. The fraction of sp³-hybridized carbons (Fsp3) is 0.545. The van der Waals surface area contributed by atoms with E-state index in [-0.39, 0.29) is 12.1 Å². The van der Waals surface area contributed by atoms with Crippen LogP contribution in [0.2, 0.25) is 0 Å². The van der Waals surface area contributed by atoms with Crippen molar-refractivity contribution in [3.05, 3.63) is 42.1 Å². The highest BCUT2D eigenvalue weighted by molar-refractivity contribution is 5.74. The van der Waals surface area contributed by atoms with Crippen molar-refractivity contribution in [3.63, 3.8) is 0 Å². The summed E-state index contributed by atoms with van der Waals surface area (Å²) >= 11 is 0. The van der Waals surface area contributed by atoms with E-state index in [2.05, 4.69) is 57.6 Å². The molecule has 1 aromatic heterocycles. The van der Waals surface area contributed by atoms with Gasteiger partial charge in [0.05, 0.1) is 5.69 Å². The number of amides is 2. The van der Waals surface area contributed by atoms with Crippen molar-refractivity contribution in [2.24, 2.45) is 13.0 Å². The Balaban J connectivity index is 1.42. The first-order valence-corrected chi connectivity index (χ1v) is 10.4. The fourth-order valence-electron chi connectivity index (χ4n) is 4.79. The van der Waals surface area contributed by atoms with Crippen LogP contribution in [0.15, 0.2) is 36.4 Å². The molecule has 3 fully saturated rings.